The molecule has 0 amide bonds. The van der Waals surface area contributed by atoms with Gasteiger partial charge in [0.25, 0.3) is 10.9 Å². The Labute approximate surface area is 108 Å². The van der Waals surface area contributed by atoms with Crippen LogP contribution in [0.5, 0.6) is 0 Å². The molecule has 0 radical (unpaired) electrons. The minimum absolute atomic E-state index is 0. The molecular formula is C11H11ClFN3O2. The predicted octanol–water partition coefficient (Wildman–Crippen LogP) is 0.628. The monoisotopic (exact) mass is 271 g/mol. The van der Waals surface area contributed by atoms with Gasteiger partial charge in [-0.3, -0.25) is 9.59 Å². The minimum atomic E-state index is -0.747. The Morgan fingerprint density at radius 1 is 1.22 bits per heavy atom. The van der Waals surface area contributed by atoms with Gasteiger partial charge < -0.3 is 16.8 Å². The van der Waals surface area contributed by atoms with E-state index in [1.165, 1.54) is 18.2 Å². The zero-order valence-corrected chi connectivity index (χ0v) is 10.0. The van der Waals surface area contributed by atoms with Crippen LogP contribution < -0.4 is 27.6 Å². The van der Waals surface area contributed by atoms with E-state index in [-0.39, 0.29) is 36.0 Å². The van der Waals surface area contributed by atoms with Crippen LogP contribution in [0.2, 0.25) is 0 Å². The van der Waals surface area contributed by atoms with Gasteiger partial charge in [0.1, 0.15) is 17.2 Å². The maximum absolute atomic E-state index is 13.4. The summed E-state index contributed by atoms with van der Waals surface area (Å²) in [6.45, 7) is 0.246. The van der Waals surface area contributed by atoms with Gasteiger partial charge in [-0.25, -0.2) is 4.39 Å². The average molecular weight is 272 g/mol. The molecule has 0 spiro atoms. The van der Waals surface area contributed by atoms with Crippen molar-refractivity contribution >= 4 is 29.5 Å². The van der Waals surface area contributed by atoms with E-state index in [9.17, 15) is 14.0 Å². The van der Waals surface area contributed by atoms with E-state index in [0.29, 0.717) is 5.56 Å². The summed E-state index contributed by atoms with van der Waals surface area (Å²) in [5.41, 5.74) is 9.79. The first kappa shape index (κ1) is 14.1. The lowest BCUT2D eigenvalue weighted by atomic mass is 10.1. The summed E-state index contributed by atoms with van der Waals surface area (Å²) in [5.74, 6) is -0.547. The van der Waals surface area contributed by atoms with Crippen molar-refractivity contribution in [3.63, 3.8) is 0 Å². The second kappa shape index (κ2) is 5.16. The van der Waals surface area contributed by atoms with Crippen LogP contribution >= 0.6 is 12.4 Å². The molecule has 0 atom stereocenters. The third-order valence-electron chi connectivity index (χ3n) is 2.47. The van der Waals surface area contributed by atoms with Gasteiger partial charge in [-0.05, 0) is 17.7 Å². The Balaban J connectivity index is 0.00000162. The van der Waals surface area contributed by atoms with Crippen molar-refractivity contribution in [3.05, 3.63) is 50.0 Å². The summed E-state index contributed by atoms with van der Waals surface area (Å²) in [4.78, 5) is 22.0. The molecule has 0 aliphatic heterocycles. The molecule has 2 aromatic carbocycles. The Morgan fingerprint density at radius 2 is 1.89 bits per heavy atom. The van der Waals surface area contributed by atoms with Crippen molar-refractivity contribution < 1.29 is 4.39 Å². The lowest BCUT2D eigenvalue weighted by Gasteiger charge is -2.11. The summed E-state index contributed by atoms with van der Waals surface area (Å²) in [5, 5.41) is 2.50. The summed E-state index contributed by atoms with van der Waals surface area (Å²) in [6.07, 6.45) is 0. The smallest absolute Gasteiger partial charge is 0.253 e. The Hall–Kier alpha value is -1.92. The number of anilines is 3. The molecule has 0 unspecified atom stereocenters. The van der Waals surface area contributed by atoms with Gasteiger partial charge in [0.15, 0.2) is 0 Å². The van der Waals surface area contributed by atoms with E-state index in [0.717, 1.165) is 0 Å². The molecule has 0 aliphatic carbocycles. The van der Waals surface area contributed by atoms with Gasteiger partial charge in [-0.1, -0.05) is 6.07 Å². The molecular weight excluding hydrogens is 261 g/mol. The van der Waals surface area contributed by atoms with E-state index in [1.54, 1.807) is 0 Å². The highest BCUT2D eigenvalue weighted by Gasteiger charge is 2.18. The third-order valence-corrected chi connectivity index (χ3v) is 2.47. The number of halogens is 2. The molecule has 0 fully saturated rings. The van der Waals surface area contributed by atoms with Crippen LogP contribution in [0.1, 0.15) is 5.56 Å². The maximum atomic E-state index is 13.4. The number of hydrogen-bond acceptors (Lipinski definition) is 5. The molecule has 2 aromatic rings. The first-order chi connectivity index (χ1) is 8.04. The first-order valence-corrected chi connectivity index (χ1v) is 4.89. The Kier molecular flexibility index (Phi) is 4.05. The van der Waals surface area contributed by atoms with E-state index in [4.69, 9.17) is 11.5 Å². The van der Waals surface area contributed by atoms with Crippen LogP contribution in [0.15, 0.2) is 27.8 Å². The first-order valence-electron chi connectivity index (χ1n) is 4.89. The summed E-state index contributed by atoms with van der Waals surface area (Å²) in [6, 6.07) is 4.23. The fourth-order valence-corrected chi connectivity index (χ4v) is 1.46. The average Bonchev–Trinajstić information content (AvgIpc) is 2.36. The lowest BCUT2D eigenvalue weighted by molar-refractivity contribution is 0.631. The van der Waals surface area contributed by atoms with Gasteiger partial charge in [0.2, 0.25) is 0 Å². The highest BCUT2D eigenvalue weighted by molar-refractivity contribution is 5.85. The van der Waals surface area contributed by atoms with Crippen LogP contribution in [-0.4, -0.2) is 0 Å². The number of hydrogen-bond donors (Lipinski definition) is 3. The van der Waals surface area contributed by atoms with Crippen LogP contribution in [0.25, 0.3) is 0 Å². The molecule has 0 aliphatic rings. The molecule has 0 bridgehead atoms. The molecule has 0 saturated heterocycles. The van der Waals surface area contributed by atoms with Gasteiger partial charge >= 0.3 is 0 Å². The SMILES string of the molecule is Cl.NCc1ccc(F)c(Nc2c(N)c(=O)c2=O)c1. The molecule has 0 saturated carbocycles. The molecule has 96 valence electrons. The van der Waals surface area contributed by atoms with E-state index in [2.05, 4.69) is 5.32 Å². The topological polar surface area (TPSA) is 98.2 Å². The van der Waals surface area contributed by atoms with Crippen molar-refractivity contribution in [1.29, 1.82) is 0 Å². The fraction of sp³-hybridized carbons (Fsp3) is 0.0909. The largest absolute Gasteiger partial charge is 0.394 e. The van der Waals surface area contributed by atoms with E-state index in [1.807, 2.05) is 0 Å². The molecule has 2 rings (SSSR count). The zero-order valence-electron chi connectivity index (χ0n) is 9.20. The Morgan fingerprint density at radius 3 is 2.44 bits per heavy atom. The number of rotatable bonds is 3. The normalized spacial score (nSPS) is 10.1. The molecule has 18 heavy (non-hydrogen) atoms. The highest BCUT2D eigenvalue weighted by Crippen LogP contribution is 2.22. The van der Waals surface area contributed by atoms with Crippen molar-refractivity contribution in [2.24, 2.45) is 5.73 Å². The number of nitrogen functional groups attached to an aromatic ring is 1. The number of nitrogens with two attached hydrogens (primary N) is 2. The van der Waals surface area contributed by atoms with Crippen molar-refractivity contribution in [2.45, 2.75) is 6.54 Å². The quantitative estimate of drug-likeness (QED) is 0.711. The predicted molar refractivity (Wildman–Crippen MR) is 70.6 cm³/mol. The van der Waals surface area contributed by atoms with E-state index < -0.39 is 16.7 Å². The lowest BCUT2D eigenvalue weighted by Crippen LogP contribution is -2.36. The van der Waals surface area contributed by atoms with Crippen LogP contribution in [0, 0.1) is 5.82 Å². The second-order valence-corrected chi connectivity index (χ2v) is 3.59. The summed E-state index contributed by atoms with van der Waals surface area (Å²) >= 11 is 0. The van der Waals surface area contributed by atoms with Gasteiger partial charge in [0.05, 0.1) is 5.69 Å². The molecule has 0 aromatic heterocycles. The molecule has 5 N–H and O–H groups in total. The number of nitrogens with one attached hydrogen (secondary N) is 1. The van der Waals surface area contributed by atoms with Crippen LogP contribution in [-0.2, 0) is 6.54 Å². The number of benzene rings is 1. The standard InChI is InChI=1S/C11H10FN3O2.ClH/c12-6-2-1-5(4-13)3-7(6)15-9-8(14)10(16)11(9)17;/h1-3,15H,4,13-14H2;1H. The summed E-state index contributed by atoms with van der Waals surface area (Å²) < 4.78 is 13.4. The summed E-state index contributed by atoms with van der Waals surface area (Å²) in [7, 11) is 0. The van der Waals surface area contributed by atoms with Gasteiger partial charge in [-0.2, -0.15) is 0 Å². The van der Waals surface area contributed by atoms with Crippen molar-refractivity contribution in [2.75, 3.05) is 11.1 Å². The molecule has 7 heteroatoms. The van der Waals surface area contributed by atoms with Gasteiger partial charge in [0, 0.05) is 6.54 Å². The minimum Gasteiger partial charge on any atom is -0.394 e. The second-order valence-electron chi connectivity index (χ2n) is 3.59. The van der Waals surface area contributed by atoms with Crippen molar-refractivity contribution in [1.82, 2.24) is 0 Å². The highest BCUT2D eigenvalue weighted by atomic mass is 35.5. The fourth-order valence-electron chi connectivity index (χ4n) is 1.46. The zero-order chi connectivity index (χ0) is 12.6. The van der Waals surface area contributed by atoms with Crippen LogP contribution in [0.3, 0.4) is 0 Å². The van der Waals surface area contributed by atoms with Crippen LogP contribution in [0.4, 0.5) is 21.5 Å². The van der Waals surface area contributed by atoms with Gasteiger partial charge in [-0.15, -0.1) is 12.4 Å². The van der Waals surface area contributed by atoms with E-state index >= 15 is 0 Å². The third kappa shape index (κ3) is 2.20. The maximum Gasteiger partial charge on any atom is 0.253 e. The Bertz CT molecular complexity index is 650. The molecule has 0 heterocycles. The van der Waals surface area contributed by atoms with Crippen molar-refractivity contribution in [3.8, 4) is 0 Å². The molecule has 5 nitrogen and oxygen atoms in total.